The molecule has 0 radical (unpaired) electrons. The zero-order valence-electron chi connectivity index (χ0n) is 19.4. The van der Waals surface area contributed by atoms with Crippen molar-refractivity contribution in [2.24, 2.45) is 5.92 Å². The van der Waals surface area contributed by atoms with E-state index in [1.54, 1.807) is 6.20 Å². The van der Waals surface area contributed by atoms with E-state index in [0.717, 1.165) is 48.6 Å². The van der Waals surface area contributed by atoms with E-state index in [4.69, 9.17) is 0 Å². The van der Waals surface area contributed by atoms with Gasteiger partial charge in [-0.05, 0) is 67.1 Å². The van der Waals surface area contributed by atoms with Gasteiger partial charge >= 0.3 is 0 Å². The number of carbonyl (C=O) groups is 2. The van der Waals surface area contributed by atoms with E-state index in [1.807, 2.05) is 60.4 Å². The van der Waals surface area contributed by atoms with Crippen molar-refractivity contribution in [1.82, 2.24) is 15.1 Å². The summed E-state index contributed by atoms with van der Waals surface area (Å²) in [7, 11) is 0. The Morgan fingerprint density at radius 1 is 0.941 bits per heavy atom. The van der Waals surface area contributed by atoms with Gasteiger partial charge in [-0.25, -0.2) is 0 Å². The third kappa shape index (κ3) is 4.64. The van der Waals surface area contributed by atoms with Crippen molar-refractivity contribution in [1.29, 1.82) is 0 Å². The summed E-state index contributed by atoms with van der Waals surface area (Å²) in [5, 5.41) is 11.2. The molecule has 2 aliphatic rings. The lowest BCUT2D eigenvalue weighted by Gasteiger charge is -2.39. The van der Waals surface area contributed by atoms with Crippen LogP contribution in [0.3, 0.4) is 0 Å². The summed E-state index contributed by atoms with van der Waals surface area (Å²) in [5.74, 6) is 1.39. The minimum atomic E-state index is -0.0486. The maximum Gasteiger partial charge on any atom is 0.253 e. The van der Waals surface area contributed by atoms with Crippen LogP contribution < -0.4 is 10.2 Å². The fraction of sp³-hybridized carbons (Fsp3) is 0.333. The molecule has 3 heterocycles. The Kier molecular flexibility index (Phi) is 6.25. The molecule has 1 N–H and O–H groups in total. The van der Waals surface area contributed by atoms with Crippen LogP contribution in [0.4, 0.5) is 11.5 Å². The monoisotopic (exact) mass is 455 g/mol. The number of aryl methyl sites for hydroxylation is 1. The second-order valence-corrected chi connectivity index (χ2v) is 9.18. The minimum Gasteiger partial charge on any atom is -0.353 e. The van der Waals surface area contributed by atoms with Gasteiger partial charge in [-0.1, -0.05) is 30.3 Å². The number of amides is 2. The Hall–Kier alpha value is -3.74. The number of hydrogen-bond donors (Lipinski definition) is 1. The molecule has 0 saturated carbocycles. The minimum absolute atomic E-state index is 0.0401. The van der Waals surface area contributed by atoms with Crippen LogP contribution in [0.15, 0.2) is 66.9 Å². The van der Waals surface area contributed by atoms with Crippen molar-refractivity contribution in [3.63, 3.8) is 0 Å². The fourth-order valence-corrected chi connectivity index (χ4v) is 4.78. The highest BCUT2D eigenvalue weighted by atomic mass is 16.2. The van der Waals surface area contributed by atoms with Crippen LogP contribution in [0, 0.1) is 12.8 Å². The van der Waals surface area contributed by atoms with E-state index >= 15 is 0 Å². The summed E-state index contributed by atoms with van der Waals surface area (Å²) in [4.78, 5) is 29.4. The van der Waals surface area contributed by atoms with Crippen LogP contribution in [0.5, 0.6) is 0 Å². The molecule has 34 heavy (non-hydrogen) atoms. The first-order valence-corrected chi connectivity index (χ1v) is 11.9. The number of benzene rings is 2. The Labute approximate surface area is 199 Å². The molecular weight excluding hydrogens is 426 g/mol. The van der Waals surface area contributed by atoms with Crippen molar-refractivity contribution < 1.29 is 9.59 Å². The molecule has 0 atom stereocenters. The average Bonchev–Trinajstić information content (AvgIpc) is 2.85. The quantitative estimate of drug-likeness (QED) is 0.632. The molecule has 1 aromatic heterocycles. The molecule has 2 saturated heterocycles. The number of rotatable bonds is 5. The van der Waals surface area contributed by atoms with Gasteiger partial charge in [0.25, 0.3) is 5.91 Å². The van der Waals surface area contributed by atoms with Crippen molar-refractivity contribution >= 4 is 23.3 Å². The van der Waals surface area contributed by atoms with E-state index in [9.17, 15) is 9.59 Å². The van der Waals surface area contributed by atoms with E-state index in [-0.39, 0.29) is 17.7 Å². The van der Waals surface area contributed by atoms with Gasteiger partial charge in [0.2, 0.25) is 5.91 Å². The third-order valence-corrected chi connectivity index (χ3v) is 6.90. The summed E-state index contributed by atoms with van der Waals surface area (Å²) in [6.45, 7) is 4.85. The molecule has 0 bridgehead atoms. The Bertz CT molecular complexity index is 1150. The van der Waals surface area contributed by atoms with E-state index in [2.05, 4.69) is 32.5 Å². The van der Waals surface area contributed by atoms with Gasteiger partial charge in [0, 0.05) is 37.4 Å². The van der Waals surface area contributed by atoms with E-state index in [1.165, 1.54) is 5.56 Å². The average molecular weight is 456 g/mol. The Morgan fingerprint density at radius 2 is 1.65 bits per heavy atom. The van der Waals surface area contributed by atoms with Crippen LogP contribution in [0.1, 0.15) is 40.2 Å². The van der Waals surface area contributed by atoms with Gasteiger partial charge in [0.15, 0.2) is 5.82 Å². The summed E-state index contributed by atoms with van der Waals surface area (Å²) in [6.07, 6.45) is 3.58. The third-order valence-electron chi connectivity index (χ3n) is 6.90. The molecule has 174 valence electrons. The number of piperidine rings is 1. The number of nitrogens with one attached hydrogen (secondary N) is 1. The summed E-state index contributed by atoms with van der Waals surface area (Å²) >= 11 is 0. The highest BCUT2D eigenvalue weighted by Gasteiger charge is 2.34. The topological polar surface area (TPSA) is 78.4 Å². The predicted molar refractivity (Wildman–Crippen MR) is 132 cm³/mol. The lowest BCUT2D eigenvalue weighted by molar-refractivity contribution is -0.120. The molecule has 0 aliphatic carbocycles. The maximum absolute atomic E-state index is 12.7. The van der Waals surface area contributed by atoms with Gasteiger partial charge in [-0.2, -0.15) is 5.10 Å². The van der Waals surface area contributed by atoms with E-state index in [0.29, 0.717) is 19.0 Å². The number of aromatic nitrogens is 2. The molecule has 5 rings (SSSR count). The summed E-state index contributed by atoms with van der Waals surface area (Å²) in [5.41, 5.74) is 3.90. The Balaban J connectivity index is 1.11. The molecule has 2 aromatic carbocycles. The second kappa shape index (κ2) is 9.63. The highest BCUT2D eigenvalue weighted by Crippen LogP contribution is 2.30. The molecular formula is C27H29N5O2. The highest BCUT2D eigenvalue weighted by molar-refractivity contribution is 5.95. The van der Waals surface area contributed by atoms with Crippen LogP contribution in [-0.4, -0.2) is 53.1 Å². The molecule has 7 heteroatoms. The first-order chi connectivity index (χ1) is 16.6. The second-order valence-electron chi connectivity index (χ2n) is 9.18. The molecule has 2 amide bonds. The van der Waals surface area contributed by atoms with Crippen molar-refractivity contribution in [2.45, 2.75) is 25.7 Å². The van der Waals surface area contributed by atoms with Crippen LogP contribution in [0.2, 0.25) is 0 Å². The lowest BCUT2D eigenvalue weighted by Crippen LogP contribution is -2.52. The molecule has 0 spiro atoms. The normalized spacial score (nSPS) is 16.7. The Morgan fingerprint density at radius 3 is 2.32 bits per heavy atom. The lowest BCUT2D eigenvalue weighted by atomic mass is 9.89. The van der Waals surface area contributed by atoms with E-state index < -0.39 is 0 Å². The van der Waals surface area contributed by atoms with Crippen LogP contribution in [0.25, 0.3) is 0 Å². The van der Waals surface area contributed by atoms with Crippen molar-refractivity contribution in [2.75, 3.05) is 36.4 Å². The number of nitrogens with zero attached hydrogens (tertiary/aromatic N) is 4. The number of likely N-dealkylation sites (tertiary alicyclic amines) is 1. The van der Waals surface area contributed by atoms with Gasteiger partial charge in [-0.15, -0.1) is 5.10 Å². The van der Waals surface area contributed by atoms with Gasteiger partial charge < -0.3 is 15.1 Å². The smallest absolute Gasteiger partial charge is 0.253 e. The number of carbonyl (C=O) groups excluding carboxylic acids is 2. The van der Waals surface area contributed by atoms with Crippen molar-refractivity contribution in [3.05, 3.63) is 83.6 Å². The van der Waals surface area contributed by atoms with Crippen LogP contribution >= 0.6 is 0 Å². The first-order valence-electron chi connectivity index (χ1n) is 11.9. The molecule has 0 unspecified atom stereocenters. The predicted octanol–water partition coefficient (Wildman–Crippen LogP) is 3.88. The van der Waals surface area contributed by atoms with Gasteiger partial charge in [0.1, 0.15) is 0 Å². The summed E-state index contributed by atoms with van der Waals surface area (Å²) in [6, 6.07) is 19.6. The SMILES string of the molecule is Cc1ccnnc1N1CC(C(=O)Nc2ccc(C3CCN(C(=O)c4ccccc4)CC3)cc2)C1. The number of anilines is 2. The molecule has 2 fully saturated rings. The first kappa shape index (κ1) is 22.1. The zero-order chi connectivity index (χ0) is 23.5. The van der Waals surface area contributed by atoms with Gasteiger partial charge in [0.05, 0.1) is 12.1 Å². The largest absolute Gasteiger partial charge is 0.353 e. The molecule has 3 aromatic rings. The van der Waals surface area contributed by atoms with Crippen LogP contribution in [-0.2, 0) is 4.79 Å². The number of hydrogen-bond acceptors (Lipinski definition) is 5. The molecule has 7 nitrogen and oxygen atoms in total. The van der Waals surface area contributed by atoms with Gasteiger partial charge in [-0.3, -0.25) is 9.59 Å². The fourth-order valence-electron chi connectivity index (χ4n) is 4.78. The standard InChI is InChI=1S/C27H29N5O2/c1-19-11-14-28-30-25(19)32-17-23(18-32)26(33)29-24-9-7-20(8-10-24)21-12-15-31(16-13-21)27(34)22-5-3-2-4-6-22/h2-11,14,21,23H,12-13,15-18H2,1H3,(H,29,33). The maximum atomic E-state index is 12.7. The summed E-state index contributed by atoms with van der Waals surface area (Å²) < 4.78 is 0. The zero-order valence-corrected chi connectivity index (χ0v) is 19.4. The molecule has 2 aliphatic heterocycles. The van der Waals surface area contributed by atoms with Crippen molar-refractivity contribution in [3.8, 4) is 0 Å².